The molecule has 0 spiro atoms. The minimum atomic E-state index is 0.291. The second-order valence-corrected chi connectivity index (χ2v) is 6.42. The first-order valence-electron chi connectivity index (χ1n) is 7.95. The van der Waals surface area contributed by atoms with Gasteiger partial charge in [-0.3, -0.25) is 0 Å². The molecule has 2 aliphatic heterocycles. The van der Waals surface area contributed by atoms with Crippen LogP contribution < -0.4 is 5.32 Å². The third kappa shape index (κ3) is 2.61. The van der Waals surface area contributed by atoms with Crippen LogP contribution in [0.3, 0.4) is 0 Å². The van der Waals surface area contributed by atoms with Crippen LogP contribution in [-0.2, 0) is 0 Å². The number of hydrogen-bond donors (Lipinski definition) is 1. The van der Waals surface area contributed by atoms with Gasteiger partial charge in [0.2, 0.25) is 5.89 Å². The zero-order chi connectivity index (χ0) is 14.1. The van der Waals surface area contributed by atoms with Crippen molar-refractivity contribution in [2.45, 2.75) is 63.5 Å². The van der Waals surface area contributed by atoms with Crippen molar-refractivity contribution in [1.29, 1.82) is 0 Å². The van der Waals surface area contributed by atoms with E-state index in [9.17, 15) is 0 Å². The van der Waals surface area contributed by atoms with E-state index in [-0.39, 0.29) is 0 Å². The highest BCUT2D eigenvalue weighted by molar-refractivity contribution is 5.06. The SMILES string of the molecule is CCNCC(C)c1nc(C2CC3CCC(C2)N3C)no1. The molecular formula is C15H26N4O. The Kier molecular flexibility index (Phi) is 4.08. The monoisotopic (exact) mass is 278 g/mol. The van der Waals surface area contributed by atoms with E-state index in [0.717, 1.165) is 36.9 Å². The van der Waals surface area contributed by atoms with Gasteiger partial charge in [-0.05, 0) is 39.3 Å². The molecule has 0 amide bonds. The maximum absolute atomic E-state index is 5.48. The summed E-state index contributed by atoms with van der Waals surface area (Å²) in [6.45, 7) is 6.12. The van der Waals surface area contributed by atoms with Crippen molar-refractivity contribution in [3.05, 3.63) is 11.7 Å². The Hall–Kier alpha value is -0.940. The van der Waals surface area contributed by atoms with E-state index < -0.39 is 0 Å². The number of fused-ring (bicyclic) bond motifs is 2. The lowest BCUT2D eigenvalue weighted by molar-refractivity contribution is 0.157. The van der Waals surface area contributed by atoms with E-state index in [4.69, 9.17) is 4.52 Å². The molecular weight excluding hydrogens is 252 g/mol. The summed E-state index contributed by atoms with van der Waals surface area (Å²) in [6.07, 6.45) is 5.04. The van der Waals surface area contributed by atoms with Crippen molar-refractivity contribution in [3.63, 3.8) is 0 Å². The molecule has 0 aromatic carbocycles. The maximum Gasteiger partial charge on any atom is 0.230 e. The Bertz CT molecular complexity index is 433. The van der Waals surface area contributed by atoms with E-state index >= 15 is 0 Å². The summed E-state index contributed by atoms with van der Waals surface area (Å²) >= 11 is 0. The van der Waals surface area contributed by atoms with Crippen LogP contribution in [0.4, 0.5) is 0 Å². The average Bonchev–Trinajstić information content (AvgIpc) is 2.99. The summed E-state index contributed by atoms with van der Waals surface area (Å²) < 4.78 is 5.48. The number of piperidine rings is 1. The molecule has 0 radical (unpaired) electrons. The van der Waals surface area contributed by atoms with Crippen LogP contribution in [0.5, 0.6) is 0 Å². The first kappa shape index (κ1) is 14.0. The molecule has 0 saturated carbocycles. The molecule has 0 aliphatic carbocycles. The average molecular weight is 278 g/mol. The minimum Gasteiger partial charge on any atom is -0.339 e. The van der Waals surface area contributed by atoms with Gasteiger partial charge in [0.1, 0.15) is 0 Å². The largest absolute Gasteiger partial charge is 0.339 e. The fraction of sp³-hybridized carbons (Fsp3) is 0.867. The number of rotatable bonds is 5. The predicted molar refractivity (Wildman–Crippen MR) is 77.8 cm³/mol. The molecule has 1 aromatic heterocycles. The van der Waals surface area contributed by atoms with Gasteiger partial charge in [-0.25, -0.2) is 0 Å². The number of aromatic nitrogens is 2. The molecule has 3 unspecified atom stereocenters. The molecule has 2 saturated heterocycles. The van der Waals surface area contributed by atoms with Gasteiger partial charge in [-0.15, -0.1) is 0 Å². The molecule has 2 fully saturated rings. The molecule has 5 heteroatoms. The highest BCUT2D eigenvalue weighted by atomic mass is 16.5. The summed E-state index contributed by atoms with van der Waals surface area (Å²) in [7, 11) is 2.26. The number of nitrogens with one attached hydrogen (secondary N) is 1. The van der Waals surface area contributed by atoms with E-state index in [2.05, 4.69) is 41.3 Å². The minimum absolute atomic E-state index is 0.291. The lowest BCUT2D eigenvalue weighted by Gasteiger charge is -2.34. The second kappa shape index (κ2) is 5.82. The molecule has 112 valence electrons. The quantitative estimate of drug-likeness (QED) is 0.894. The standard InChI is InChI=1S/C15H26N4O/c1-4-16-9-10(2)15-17-14(18-20-15)11-7-12-5-6-13(8-11)19(12)3/h10-13,16H,4-9H2,1-3H3. The summed E-state index contributed by atoms with van der Waals surface area (Å²) in [5, 5.41) is 7.59. The molecule has 3 atom stereocenters. The van der Waals surface area contributed by atoms with Crippen LogP contribution in [0.15, 0.2) is 4.52 Å². The summed E-state index contributed by atoms with van der Waals surface area (Å²) in [5.74, 6) is 2.51. The van der Waals surface area contributed by atoms with Gasteiger partial charge >= 0.3 is 0 Å². The van der Waals surface area contributed by atoms with Gasteiger partial charge < -0.3 is 14.7 Å². The van der Waals surface area contributed by atoms with Gasteiger partial charge in [0.05, 0.1) is 0 Å². The molecule has 1 N–H and O–H groups in total. The summed E-state index contributed by atoms with van der Waals surface area (Å²) in [4.78, 5) is 7.22. The zero-order valence-corrected chi connectivity index (χ0v) is 12.8. The topological polar surface area (TPSA) is 54.2 Å². The van der Waals surface area contributed by atoms with Crippen LogP contribution in [0.1, 0.15) is 63.1 Å². The van der Waals surface area contributed by atoms with Gasteiger partial charge in [-0.2, -0.15) is 4.98 Å². The molecule has 20 heavy (non-hydrogen) atoms. The van der Waals surface area contributed by atoms with Gasteiger partial charge in [0, 0.05) is 30.5 Å². The third-order valence-corrected chi connectivity index (χ3v) is 5.04. The Morgan fingerprint density at radius 1 is 1.35 bits per heavy atom. The van der Waals surface area contributed by atoms with Gasteiger partial charge in [-0.1, -0.05) is 19.0 Å². The smallest absolute Gasteiger partial charge is 0.230 e. The molecule has 2 aliphatic rings. The Morgan fingerprint density at radius 3 is 2.70 bits per heavy atom. The molecule has 3 heterocycles. The van der Waals surface area contributed by atoms with Gasteiger partial charge in [0.15, 0.2) is 5.82 Å². The normalized spacial score (nSPS) is 31.6. The Morgan fingerprint density at radius 2 is 2.05 bits per heavy atom. The zero-order valence-electron chi connectivity index (χ0n) is 12.8. The van der Waals surface area contributed by atoms with E-state index in [1.165, 1.54) is 25.7 Å². The van der Waals surface area contributed by atoms with Crippen LogP contribution in [0.25, 0.3) is 0 Å². The fourth-order valence-electron chi connectivity index (χ4n) is 3.68. The van der Waals surface area contributed by atoms with Crippen molar-refractivity contribution in [2.75, 3.05) is 20.1 Å². The number of likely N-dealkylation sites (N-methyl/N-ethyl adjacent to an activating group) is 1. The van der Waals surface area contributed by atoms with Crippen LogP contribution >= 0.6 is 0 Å². The number of hydrogen-bond acceptors (Lipinski definition) is 5. The van der Waals surface area contributed by atoms with Crippen molar-refractivity contribution in [3.8, 4) is 0 Å². The molecule has 5 nitrogen and oxygen atoms in total. The lowest BCUT2D eigenvalue weighted by Crippen LogP contribution is -2.39. The third-order valence-electron chi connectivity index (χ3n) is 5.04. The molecule has 1 aromatic rings. The number of nitrogens with zero attached hydrogens (tertiary/aromatic N) is 3. The highest BCUT2D eigenvalue weighted by Crippen LogP contribution is 2.41. The van der Waals surface area contributed by atoms with E-state index in [1.54, 1.807) is 0 Å². The van der Waals surface area contributed by atoms with E-state index in [0.29, 0.717) is 11.8 Å². The van der Waals surface area contributed by atoms with Crippen molar-refractivity contribution in [2.24, 2.45) is 0 Å². The highest BCUT2D eigenvalue weighted by Gasteiger charge is 2.40. The van der Waals surface area contributed by atoms with E-state index in [1.807, 2.05) is 0 Å². The van der Waals surface area contributed by atoms with Crippen molar-refractivity contribution >= 4 is 0 Å². The van der Waals surface area contributed by atoms with Gasteiger partial charge in [0.25, 0.3) is 0 Å². The molecule has 3 rings (SSSR count). The second-order valence-electron chi connectivity index (χ2n) is 6.42. The first-order valence-corrected chi connectivity index (χ1v) is 7.95. The van der Waals surface area contributed by atoms with Crippen LogP contribution in [0, 0.1) is 0 Å². The van der Waals surface area contributed by atoms with Crippen LogP contribution in [-0.4, -0.2) is 47.3 Å². The van der Waals surface area contributed by atoms with Crippen molar-refractivity contribution < 1.29 is 4.52 Å². The van der Waals surface area contributed by atoms with Crippen molar-refractivity contribution in [1.82, 2.24) is 20.4 Å². The fourth-order valence-corrected chi connectivity index (χ4v) is 3.68. The Labute approximate surface area is 121 Å². The predicted octanol–water partition coefficient (Wildman–Crippen LogP) is 2.12. The summed E-state index contributed by atoms with van der Waals surface area (Å²) in [5.41, 5.74) is 0. The molecule has 2 bridgehead atoms. The summed E-state index contributed by atoms with van der Waals surface area (Å²) in [6, 6.07) is 1.44. The Balaban J connectivity index is 1.65. The van der Waals surface area contributed by atoms with Crippen LogP contribution in [0.2, 0.25) is 0 Å². The maximum atomic E-state index is 5.48. The first-order chi connectivity index (χ1) is 9.69. The lowest BCUT2D eigenvalue weighted by atomic mass is 9.90.